The average Bonchev–Trinajstić information content (AvgIpc) is 3.26. The van der Waals surface area contributed by atoms with Gasteiger partial charge in [-0.15, -0.1) is 11.3 Å². The van der Waals surface area contributed by atoms with Crippen LogP contribution in [0.2, 0.25) is 5.02 Å². The lowest BCUT2D eigenvalue weighted by Crippen LogP contribution is -2.26. The van der Waals surface area contributed by atoms with Gasteiger partial charge >= 0.3 is 6.18 Å². The molecule has 154 valence electrons. The van der Waals surface area contributed by atoms with Gasteiger partial charge in [0, 0.05) is 9.90 Å². The van der Waals surface area contributed by atoms with Crippen molar-refractivity contribution in [2.24, 2.45) is 5.14 Å². The van der Waals surface area contributed by atoms with E-state index in [1.807, 2.05) is 0 Å². The molecule has 0 saturated heterocycles. The van der Waals surface area contributed by atoms with Crippen molar-refractivity contribution in [3.63, 3.8) is 0 Å². The second-order valence-electron chi connectivity index (χ2n) is 5.74. The summed E-state index contributed by atoms with van der Waals surface area (Å²) >= 11 is 6.64. The van der Waals surface area contributed by atoms with Gasteiger partial charge in [-0.3, -0.25) is 4.79 Å². The molecule has 0 aliphatic carbocycles. The number of benzene rings is 1. The van der Waals surface area contributed by atoms with Gasteiger partial charge in [0.2, 0.25) is 10.0 Å². The summed E-state index contributed by atoms with van der Waals surface area (Å²) in [6.07, 6.45) is -4.06. The van der Waals surface area contributed by atoms with Gasteiger partial charge in [0.15, 0.2) is 5.69 Å². The number of carbonyl (C=O) groups is 1. The summed E-state index contributed by atoms with van der Waals surface area (Å²) in [6.45, 7) is -0.182. The Kier molecular flexibility index (Phi) is 5.72. The smallest absolute Gasteiger partial charge is 0.347 e. The Hall–Kier alpha value is -2.41. The number of sulfonamides is 1. The molecule has 13 heteroatoms. The molecule has 29 heavy (non-hydrogen) atoms. The van der Waals surface area contributed by atoms with Crippen LogP contribution in [0.4, 0.5) is 13.2 Å². The molecule has 1 amide bonds. The van der Waals surface area contributed by atoms with Crippen LogP contribution in [0.1, 0.15) is 20.9 Å². The van der Waals surface area contributed by atoms with Crippen LogP contribution in [0.15, 0.2) is 46.8 Å². The van der Waals surface area contributed by atoms with Crippen LogP contribution in [0.25, 0.3) is 5.69 Å². The third kappa shape index (κ3) is 4.78. The average molecular weight is 465 g/mol. The predicted octanol–water partition coefficient (Wildman–Crippen LogP) is 3.18. The summed E-state index contributed by atoms with van der Waals surface area (Å²) < 4.78 is 63.9. The zero-order valence-corrected chi connectivity index (χ0v) is 16.7. The van der Waals surface area contributed by atoms with Crippen molar-refractivity contribution in [1.29, 1.82) is 0 Å². The second kappa shape index (κ2) is 7.78. The normalized spacial score (nSPS) is 12.2. The van der Waals surface area contributed by atoms with Crippen LogP contribution in [-0.4, -0.2) is 24.1 Å². The Morgan fingerprint density at radius 2 is 2.00 bits per heavy atom. The number of nitrogens with one attached hydrogen (secondary N) is 1. The van der Waals surface area contributed by atoms with Crippen LogP contribution < -0.4 is 10.5 Å². The first-order valence-electron chi connectivity index (χ1n) is 7.77. The molecular weight excluding hydrogens is 453 g/mol. The Morgan fingerprint density at radius 1 is 1.28 bits per heavy atom. The lowest BCUT2D eigenvalue weighted by molar-refractivity contribution is -0.143. The minimum Gasteiger partial charge on any atom is -0.347 e. The predicted molar refractivity (Wildman–Crippen MR) is 100 cm³/mol. The molecule has 2 heterocycles. The number of halogens is 4. The van der Waals surface area contributed by atoms with E-state index in [1.54, 1.807) is 0 Å². The molecule has 0 atom stereocenters. The fourth-order valence-electron chi connectivity index (χ4n) is 2.46. The van der Waals surface area contributed by atoms with Crippen molar-refractivity contribution in [3.05, 3.63) is 63.8 Å². The van der Waals surface area contributed by atoms with Gasteiger partial charge < -0.3 is 5.32 Å². The molecule has 3 rings (SSSR count). The van der Waals surface area contributed by atoms with Crippen LogP contribution in [0.3, 0.4) is 0 Å². The number of alkyl halides is 3. The molecule has 1 aromatic carbocycles. The Balaban J connectivity index is 1.88. The van der Waals surface area contributed by atoms with Crippen molar-refractivity contribution in [2.75, 3.05) is 0 Å². The second-order valence-corrected chi connectivity index (χ2v) is 9.14. The third-order valence-electron chi connectivity index (χ3n) is 3.68. The molecule has 0 unspecified atom stereocenters. The quantitative estimate of drug-likeness (QED) is 0.604. The highest BCUT2D eigenvalue weighted by Crippen LogP contribution is 2.34. The largest absolute Gasteiger partial charge is 0.434 e. The SMILES string of the molecule is NS(=O)(=O)c1ccc(CNC(=O)c2cnn(-c3cccc(Cl)c3)c2C(F)(F)F)s1. The van der Waals surface area contributed by atoms with Crippen molar-refractivity contribution in [2.45, 2.75) is 16.9 Å². The van der Waals surface area contributed by atoms with E-state index in [0.717, 1.165) is 17.5 Å². The monoisotopic (exact) mass is 464 g/mol. The van der Waals surface area contributed by atoms with Gasteiger partial charge in [0.1, 0.15) is 4.21 Å². The van der Waals surface area contributed by atoms with Crippen LogP contribution in [-0.2, 0) is 22.7 Å². The Bertz CT molecular complexity index is 1170. The van der Waals surface area contributed by atoms with E-state index in [1.165, 1.54) is 36.4 Å². The Morgan fingerprint density at radius 3 is 2.59 bits per heavy atom. The molecule has 0 aliphatic heterocycles. The number of rotatable bonds is 5. The first-order chi connectivity index (χ1) is 13.5. The van der Waals surface area contributed by atoms with Crippen molar-refractivity contribution in [1.82, 2.24) is 15.1 Å². The minimum absolute atomic E-state index is 0.0416. The van der Waals surface area contributed by atoms with Crippen LogP contribution in [0, 0.1) is 0 Å². The van der Waals surface area contributed by atoms with Crippen molar-refractivity contribution in [3.8, 4) is 5.69 Å². The molecule has 0 bridgehead atoms. The number of primary sulfonamides is 1. The van der Waals surface area contributed by atoms with Crippen molar-refractivity contribution < 1.29 is 26.4 Å². The molecule has 0 spiro atoms. The van der Waals surface area contributed by atoms with Gasteiger partial charge in [-0.25, -0.2) is 18.2 Å². The number of nitrogens with two attached hydrogens (primary N) is 1. The molecule has 3 aromatic rings. The van der Waals surface area contributed by atoms with Gasteiger partial charge in [0.25, 0.3) is 5.91 Å². The fourth-order valence-corrected chi connectivity index (χ4v) is 4.36. The van der Waals surface area contributed by atoms with Gasteiger partial charge in [-0.2, -0.15) is 18.3 Å². The summed E-state index contributed by atoms with van der Waals surface area (Å²) in [7, 11) is -3.90. The van der Waals surface area contributed by atoms with Crippen LogP contribution in [0.5, 0.6) is 0 Å². The van der Waals surface area contributed by atoms with E-state index in [9.17, 15) is 26.4 Å². The van der Waals surface area contributed by atoms with Gasteiger partial charge in [-0.1, -0.05) is 17.7 Å². The summed E-state index contributed by atoms with van der Waals surface area (Å²) in [5.41, 5.74) is -1.89. The lowest BCUT2D eigenvalue weighted by atomic mass is 10.2. The summed E-state index contributed by atoms with van der Waals surface area (Å²) in [5.74, 6) is -1.02. The maximum absolute atomic E-state index is 13.6. The molecule has 0 fully saturated rings. The summed E-state index contributed by atoms with van der Waals surface area (Å²) in [5, 5.41) is 11.2. The van der Waals surface area contributed by atoms with Crippen molar-refractivity contribution >= 4 is 38.9 Å². The lowest BCUT2D eigenvalue weighted by Gasteiger charge is -2.13. The summed E-state index contributed by atoms with van der Waals surface area (Å²) in [4.78, 5) is 12.8. The third-order valence-corrected chi connectivity index (χ3v) is 6.43. The first-order valence-corrected chi connectivity index (χ1v) is 10.5. The molecular formula is C16H12ClF3N4O3S2. The van der Waals surface area contributed by atoms with Gasteiger partial charge in [-0.05, 0) is 30.3 Å². The van der Waals surface area contributed by atoms with Crippen LogP contribution >= 0.6 is 22.9 Å². The number of amides is 1. The zero-order chi connectivity index (χ0) is 21.4. The van der Waals surface area contributed by atoms with Gasteiger partial charge in [0.05, 0.1) is 24.0 Å². The highest BCUT2D eigenvalue weighted by atomic mass is 35.5. The van der Waals surface area contributed by atoms with E-state index in [0.29, 0.717) is 9.56 Å². The highest BCUT2D eigenvalue weighted by molar-refractivity contribution is 7.91. The molecule has 0 radical (unpaired) electrons. The maximum atomic E-state index is 13.6. The first kappa shape index (κ1) is 21.3. The summed E-state index contributed by atoms with van der Waals surface area (Å²) in [6, 6.07) is 8.26. The maximum Gasteiger partial charge on any atom is 0.434 e. The van der Waals surface area contributed by atoms with E-state index in [2.05, 4.69) is 10.4 Å². The number of carbonyl (C=O) groups excluding carboxylic acids is 1. The zero-order valence-electron chi connectivity index (χ0n) is 14.3. The highest BCUT2D eigenvalue weighted by Gasteiger charge is 2.40. The fraction of sp³-hybridized carbons (Fsp3) is 0.125. The topological polar surface area (TPSA) is 107 Å². The Labute approximate surface area is 171 Å². The number of hydrogen-bond acceptors (Lipinski definition) is 5. The molecule has 2 aromatic heterocycles. The minimum atomic E-state index is -4.87. The van der Waals surface area contributed by atoms with E-state index in [-0.39, 0.29) is 21.5 Å². The van der Waals surface area contributed by atoms with E-state index < -0.39 is 33.4 Å². The van der Waals surface area contributed by atoms with E-state index >= 15 is 0 Å². The molecule has 3 N–H and O–H groups in total. The van der Waals surface area contributed by atoms with E-state index in [4.69, 9.17) is 16.7 Å². The molecule has 7 nitrogen and oxygen atoms in total. The number of thiophene rings is 1. The number of nitrogens with zero attached hydrogens (tertiary/aromatic N) is 2. The molecule has 0 saturated carbocycles. The number of hydrogen-bond donors (Lipinski definition) is 2. The standard InChI is InChI=1S/C16H12ClF3N4O3S2/c17-9-2-1-3-10(6-9)24-14(16(18,19)20)12(8-23-24)15(25)22-7-11-4-5-13(28-11)29(21,26)27/h1-6,8H,7H2,(H,22,25)(H2,21,26,27). The molecule has 0 aliphatic rings. The number of aromatic nitrogens is 2.